The van der Waals surface area contributed by atoms with Gasteiger partial charge < -0.3 is 0 Å². The molecule has 0 radical (unpaired) electrons. The molecule has 0 aliphatic heterocycles. The fourth-order valence-corrected chi connectivity index (χ4v) is 4.86. The molecule has 0 unspecified atom stereocenters. The number of halogens is 1. The lowest BCUT2D eigenvalue weighted by Gasteiger charge is -2.11. The second-order valence-electron chi connectivity index (χ2n) is 8.53. The maximum Gasteiger partial charge on any atom is 0.250 e. The van der Waals surface area contributed by atoms with Crippen molar-refractivity contribution >= 4 is 45.8 Å². The van der Waals surface area contributed by atoms with E-state index in [-0.39, 0.29) is 11.7 Å². The summed E-state index contributed by atoms with van der Waals surface area (Å²) in [7, 11) is 0. The zero-order valence-corrected chi connectivity index (χ0v) is 21.9. The van der Waals surface area contributed by atoms with E-state index < -0.39 is 0 Å². The number of aryl methyl sites for hydroxylation is 1. The summed E-state index contributed by atoms with van der Waals surface area (Å²) >= 11 is 7.41. The molecule has 184 valence electrons. The molecule has 8 heteroatoms. The van der Waals surface area contributed by atoms with Crippen molar-refractivity contribution in [2.75, 3.05) is 5.75 Å². The van der Waals surface area contributed by atoms with E-state index in [9.17, 15) is 4.79 Å². The number of carbonyl (C=O) groups excluding carboxylic acids is 1. The maximum atomic E-state index is 12.7. The second-order valence-corrected chi connectivity index (χ2v) is 9.91. The molecule has 0 saturated carbocycles. The summed E-state index contributed by atoms with van der Waals surface area (Å²) in [6, 6.07) is 29.7. The Hall–Kier alpha value is -3.94. The Morgan fingerprint density at radius 3 is 2.46 bits per heavy atom. The average molecular weight is 526 g/mol. The van der Waals surface area contributed by atoms with Crippen molar-refractivity contribution in [1.29, 1.82) is 0 Å². The first-order chi connectivity index (χ1) is 18.0. The lowest BCUT2D eigenvalue weighted by atomic mass is 10.0. The van der Waals surface area contributed by atoms with Crippen molar-refractivity contribution in [2.45, 2.75) is 19.0 Å². The molecule has 0 aliphatic rings. The number of carbonyl (C=O) groups is 1. The van der Waals surface area contributed by atoms with Crippen LogP contribution in [-0.2, 0) is 4.79 Å². The number of benzene rings is 4. The van der Waals surface area contributed by atoms with Crippen LogP contribution in [0, 0.1) is 6.92 Å². The average Bonchev–Trinajstić information content (AvgIpc) is 3.35. The largest absolute Gasteiger partial charge is 0.272 e. The maximum absolute atomic E-state index is 12.7. The molecule has 1 amide bonds. The molecular weight excluding hydrogens is 502 g/mol. The Labute approximate surface area is 224 Å². The van der Waals surface area contributed by atoms with Gasteiger partial charge in [-0.3, -0.25) is 9.36 Å². The van der Waals surface area contributed by atoms with Gasteiger partial charge in [0.1, 0.15) is 0 Å². The van der Waals surface area contributed by atoms with Crippen molar-refractivity contribution in [3.8, 4) is 17.1 Å². The topological polar surface area (TPSA) is 72.2 Å². The van der Waals surface area contributed by atoms with Crippen LogP contribution in [-0.4, -0.2) is 32.1 Å². The predicted molar refractivity (Wildman–Crippen MR) is 152 cm³/mol. The van der Waals surface area contributed by atoms with Crippen LogP contribution >= 0.6 is 23.4 Å². The summed E-state index contributed by atoms with van der Waals surface area (Å²) in [6.45, 7) is 3.93. The van der Waals surface area contributed by atoms with E-state index >= 15 is 0 Å². The SMILES string of the molecule is C/C(=N/NC(=O)CSc1nnc(-c2ccc(C)cc2)n1-c1ccc(Cl)cc1)c1cccc2ccccc12. The number of nitrogens with zero attached hydrogens (tertiary/aromatic N) is 4. The Morgan fingerprint density at radius 1 is 0.946 bits per heavy atom. The van der Waals surface area contributed by atoms with E-state index in [0.29, 0.717) is 16.0 Å². The van der Waals surface area contributed by atoms with E-state index in [0.717, 1.165) is 38.9 Å². The predicted octanol–water partition coefficient (Wildman–Crippen LogP) is 6.68. The first-order valence-corrected chi connectivity index (χ1v) is 13.1. The van der Waals surface area contributed by atoms with Crippen molar-refractivity contribution in [3.05, 3.63) is 107 Å². The third-order valence-corrected chi connectivity index (χ3v) is 7.07. The quantitative estimate of drug-likeness (QED) is 0.146. The lowest BCUT2D eigenvalue weighted by molar-refractivity contribution is -0.118. The molecule has 1 N–H and O–H groups in total. The van der Waals surface area contributed by atoms with E-state index in [1.54, 1.807) is 0 Å². The zero-order chi connectivity index (χ0) is 25.8. The molecule has 4 aromatic carbocycles. The number of fused-ring (bicyclic) bond motifs is 1. The van der Waals surface area contributed by atoms with E-state index in [4.69, 9.17) is 11.6 Å². The minimum Gasteiger partial charge on any atom is -0.272 e. The van der Waals surface area contributed by atoms with Gasteiger partial charge in [-0.05, 0) is 48.9 Å². The van der Waals surface area contributed by atoms with Gasteiger partial charge >= 0.3 is 0 Å². The Morgan fingerprint density at radius 2 is 1.68 bits per heavy atom. The van der Waals surface area contributed by atoms with Crippen molar-refractivity contribution in [3.63, 3.8) is 0 Å². The minimum atomic E-state index is -0.230. The number of hydrogen-bond donors (Lipinski definition) is 1. The van der Waals surface area contributed by atoms with Gasteiger partial charge in [0.25, 0.3) is 5.91 Å². The fourth-order valence-electron chi connectivity index (χ4n) is 3.99. The lowest BCUT2D eigenvalue weighted by Crippen LogP contribution is -2.21. The molecule has 0 bridgehead atoms. The van der Waals surface area contributed by atoms with Crippen molar-refractivity contribution < 1.29 is 4.79 Å². The molecule has 5 aromatic rings. The summed E-state index contributed by atoms with van der Waals surface area (Å²) in [5.74, 6) is 0.591. The van der Waals surface area contributed by atoms with Gasteiger partial charge in [-0.15, -0.1) is 10.2 Å². The van der Waals surface area contributed by atoms with Gasteiger partial charge in [0.15, 0.2) is 11.0 Å². The van der Waals surface area contributed by atoms with Crippen LogP contribution in [0.15, 0.2) is 101 Å². The van der Waals surface area contributed by atoms with Gasteiger partial charge in [0, 0.05) is 21.8 Å². The van der Waals surface area contributed by atoms with E-state index in [1.165, 1.54) is 11.8 Å². The van der Waals surface area contributed by atoms with Gasteiger partial charge in [-0.1, -0.05) is 95.7 Å². The van der Waals surface area contributed by atoms with Crippen LogP contribution in [0.5, 0.6) is 0 Å². The number of amides is 1. The summed E-state index contributed by atoms with van der Waals surface area (Å²) in [5.41, 5.74) is 7.35. The van der Waals surface area contributed by atoms with Gasteiger partial charge in [-0.25, -0.2) is 5.43 Å². The summed E-state index contributed by atoms with van der Waals surface area (Å²) < 4.78 is 1.93. The molecule has 0 spiro atoms. The molecule has 0 atom stereocenters. The van der Waals surface area contributed by atoms with Crippen LogP contribution < -0.4 is 5.43 Å². The van der Waals surface area contributed by atoms with Gasteiger partial charge in [0.05, 0.1) is 11.5 Å². The summed E-state index contributed by atoms with van der Waals surface area (Å²) in [4.78, 5) is 12.7. The number of rotatable bonds is 7. The molecule has 1 heterocycles. The Balaban J connectivity index is 1.35. The monoisotopic (exact) mass is 525 g/mol. The molecule has 0 fully saturated rings. The number of hydrazone groups is 1. The number of nitrogens with one attached hydrogen (secondary N) is 1. The van der Waals surface area contributed by atoms with Gasteiger partial charge in [-0.2, -0.15) is 5.10 Å². The first kappa shape index (κ1) is 24.7. The molecule has 0 saturated heterocycles. The van der Waals surface area contributed by atoms with Crippen LogP contribution in [0.3, 0.4) is 0 Å². The highest BCUT2D eigenvalue weighted by Crippen LogP contribution is 2.29. The Bertz CT molecular complexity index is 1590. The fraction of sp³-hybridized carbons (Fsp3) is 0.103. The smallest absolute Gasteiger partial charge is 0.250 e. The van der Waals surface area contributed by atoms with Crippen molar-refractivity contribution in [1.82, 2.24) is 20.2 Å². The number of hydrogen-bond acceptors (Lipinski definition) is 5. The minimum absolute atomic E-state index is 0.131. The highest BCUT2D eigenvalue weighted by atomic mass is 35.5. The second kappa shape index (κ2) is 11.0. The highest BCUT2D eigenvalue weighted by molar-refractivity contribution is 7.99. The molecule has 5 rings (SSSR count). The van der Waals surface area contributed by atoms with Crippen LogP contribution in [0.4, 0.5) is 0 Å². The summed E-state index contributed by atoms with van der Waals surface area (Å²) in [6.07, 6.45) is 0. The first-order valence-electron chi connectivity index (χ1n) is 11.7. The molecule has 1 aromatic heterocycles. The van der Waals surface area contributed by atoms with Crippen LogP contribution in [0.1, 0.15) is 18.1 Å². The van der Waals surface area contributed by atoms with Crippen LogP contribution in [0.2, 0.25) is 5.02 Å². The van der Waals surface area contributed by atoms with Crippen LogP contribution in [0.25, 0.3) is 27.8 Å². The van der Waals surface area contributed by atoms with E-state index in [1.807, 2.05) is 91.2 Å². The third-order valence-electron chi connectivity index (χ3n) is 5.89. The molecule has 0 aliphatic carbocycles. The summed E-state index contributed by atoms with van der Waals surface area (Å²) in [5, 5.41) is 16.6. The zero-order valence-electron chi connectivity index (χ0n) is 20.4. The Kier molecular flexibility index (Phi) is 7.35. The highest BCUT2D eigenvalue weighted by Gasteiger charge is 2.17. The molecular formula is C29H24ClN5OS. The van der Waals surface area contributed by atoms with Crippen molar-refractivity contribution in [2.24, 2.45) is 5.10 Å². The van der Waals surface area contributed by atoms with E-state index in [2.05, 4.69) is 38.9 Å². The number of thioether (sulfide) groups is 1. The molecule has 37 heavy (non-hydrogen) atoms. The van der Waals surface area contributed by atoms with Gasteiger partial charge in [0.2, 0.25) is 0 Å². The molecule has 6 nitrogen and oxygen atoms in total. The number of aromatic nitrogens is 3. The normalized spacial score (nSPS) is 11.6. The third kappa shape index (κ3) is 5.58. The standard InChI is InChI=1S/C29H24ClN5OS/c1-19-10-12-22(13-11-19)28-33-34-29(35(28)24-16-14-23(30)15-17-24)37-18-27(36)32-31-20(2)25-9-5-7-21-6-3-4-8-26(21)25/h3-17H,18H2,1-2H3,(H,32,36)/b31-20-.